The topological polar surface area (TPSA) is 128 Å². The SMILES string of the molecule is CC(C)(NC(=O)C(CCCN)=NC(=O)Cc1cc(F)cc(F)c1)C(N)=O. The number of rotatable bonds is 8. The molecule has 0 saturated carbocycles. The summed E-state index contributed by atoms with van der Waals surface area (Å²) in [5, 5.41) is 2.39. The van der Waals surface area contributed by atoms with Crippen molar-refractivity contribution >= 4 is 23.4 Å². The molecule has 0 unspecified atom stereocenters. The molecule has 0 bridgehead atoms. The summed E-state index contributed by atoms with van der Waals surface area (Å²) in [5.74, 6) is -3.89. The van der Waals surface area contributed by atoms with Gasteiger partial charge in [0.15, 0.2) is 0 Å². The molecule has 1 aromatic carbocycles. The zero-order valence-corrected chi connectivity index (χ0v) is 14.6. The summed E-state index contributed by atoms with van der Waals surface area (Å²) in [6.45, 7) is 3.07. The Labute approximate surface area is 149 Å². The van der Waals surface area contributed by atoms with E-state index in [-0.39, 0.29) is 30.7 Å². The third-order valence-corrected chi connectivity index (χ3v) is 3.46. The van der Waals surface area contributed by atoms with Gasteiger partial charge in [0.2, 0.25) is 5.91 Å². The van der Waals surface area contributed by atoms with Gasteiger partial charge in [-0.3, -0.25) is 14.4 Å². The summed E-state index contributed by atoms with van der Waals surface area (Å²) in [4.78, 5) is 39.4. The maximum absolute atomic E-state index is 13.2. The Kier molecular flexibility index (Phi) is 7.51. The van der Waals surface area contributed by atoms with Crippen LogP contribution in [0.4, 0.5) is 8.78 Å². The van der Waals surface area contributed by atoms with E-state index in [4.69, 9.17) is 11.5 Å². The van der Waals surface area contributed by atoms with Crippen LogP contribution >= 0.6 is 0 Å². The van der Waals surface area contributed by atoms with E-state index in [1.54, 1.807) is 0 Å². The predicted octanol–water partition coefficient (Wildman–Crippen LogP) is 0.594. The van der Waals surface area contributed by atoms with Crippen molar-refractivity contribution in [3.63, 3.8) is 0 Å². The number of carbonyl (C=O) groups is 3. The number of carbonyl (C=O) groups excluding carboxylic acids is 3. The molecule has 0 aromatic heterocycles. The number of hydrogen-bond acceptors (Lipinski definition) is 4. The minimum atomic E-state index is -1.34. The second-order valence-electron chi connectivity index (χ2n) is 6.24. The van der Waals surface area contributed by atoms with Crippen molar-refractivity contribution in [3.8, 4) is 0 Å². The van der Waals surface area contributed by atoms with Gasteiger partial charge in [-0.15, -0.1) is 0 Å². The Balaban J connectivity index is 2.97. The van der Waals surface area contributed by atoms with Gasteiger partial charge in [-0.05, 0) is 50.9 Å². The molecule has 0 aliphatic rings. The van der Waals surface area contributed by atoms with E-state index in [0.717, 1.165) is 12.1 Å². The van der Waals surface area contributed by atoms with Crippen LogP contribution in [0.3, 0.4) is 0 Å². The van der Waals surface area contributed by atoms with E-state index in [0.29, 0.717) is 12.5 Å². The third-order valence-electron chi connectivity index (χ3n) is 3.46. The van der Waals surface area contributed by atoms with Crippen LogP contribution in [-0.4, -0.2) is 35.5 Å². The van der Waals surface area contributed by atoms with Gasteiger partial charge < -0.3 is 16.8 Å². The Hall–Kier alpha value is -2.68. The Morgan fingerprint density at radius 1 is 1.15 bits per heavy atom. The van der Waals surface area contributed by atoms with Crippen molar-refractivity contribution < 1.29 is 23.2 Å². The molecule has 0 saturated heterocycles. The highest BCUT2D eigenvalue weighted by Crippen LogP contribution is 2.10. The van der Waals surface area contributed by atoms with Crippen LogP contribution in [0, 0.1) is 11.6 Å². The predicted molar refractivity (Wildman–Crippen MR) is 92.2 cm³/mol. The number of nitrogens with zero attached hydrogens (tertiary/aromatic N) is 1. The van der Waals surface area contributed by atoms with E-state index < -0.39 is 34.9 Å². The molecule has 26 heavy (non-hydrogen) atoms. The minimum absolute atomic E-state index is 0.0901. The molecule has 0 heterocycles. The fraction of sp³-hybridized carbons (Fsp3) is 0.412. The Morgan fingerprint density at radius 2 is 1.73 bits per heavy atom. The average molecular weight is 368 g/mol. The van der Waals surface area contributed by atoms with E-state index >= 15 is 0 Å². The van der Waals surface area contributed by atoms with Crippen molar-refractivity contribution in [1.82, 2.24) is 5.32 Å². The van der Waals surface area contributed by atoms with Gasteiger partial charge >= 0.3 is 0 Å². The summed E-state index contributed by atoms with van der Waals surface area (Å²) < 4.78 is 26.4. The number of nitrogens with one attached hydrogen (secondary N) is 1. The highest BCUT2D eigenvalue weighted by molar-refractivity contribution is 6.40. The number of aliphatic imine (C=N–C) groups is 1. The second-order valence-corrected chi connectivity index (χ2v) is 6.24. The van der Waals surface area contributed by atoms with Gasteiger partial charge in [-0.1, -0.05) is 0 Å². The zero-order chi connectivity index (χ0) is 19.9. The monoisotopic (exact) mass is 368 g/mol. The number of benzene rings is 1. The molecule has 3 amide bonds. The maximum atomic E-state index is 13.2. The standard InChI is InChI=1S/C17H22F2N4O3/c1-17(2,16(21)26)23-15(25)13(4-3-5-20)22-14(24)8-10-6-11(18)9-12(19)7-10/h6-7,9H,3-5,8,20H2,1-2H3,(H2,21,26)(H,23,25). The first-order valence-corrected chi connectivity index (χ1v) is 7.93. The Morgan fingerprint density at radius 3 is 2.23 bits per heavy atom. The summed E-state index contributed by atoms with van der Waals surface area (Å²) in [5.41, 5.74) is 9.23. The lowest BCUT2D eigenvalue weighted by atomic mass is 10.0. The molecule has 7 nitrogen and oxygen atoms in total. The van der Waals surface area contributed by atoms with E-state index in [2.05, 4.69) is 10.3 Å². The lowest BCUT2D eigenvalue weighted by molar-refractivity contribution is -0.127. The Bertz CT molecular complexity index is 712. The fourth-order valence-electron chi connectivity index (χ4n) is 1.98. The van der Waals surface area contributed by atoms with Crippen molar-refractivity contribution in [2.75, 3.05) is 6.54 Å². The summed E-state index contributed by atoms with van der Waals surface area (Å²) in [6.07, 6.45) is 0.0961. The molecule has 0 fully saturated rings. The number of primary amides is 1. The highest BCUT2D eigenvalue weighted by atomic mass is 19.1. The summed E-state index contributed by atoms with van der Waals surface area (Å²) in [6, 6.07) is 2.70. The van der Waals surface area contributed by atoms with E-state index in [1.165, 1.54) is 13.8 Å². The quantitative estimate of drug-likeness (QED) is 0.580. The summed E-state index contributed by atoms with van der Waals surface area (Å²) >= 11 is 0. The normalized spacial score (nSPS) is 12.0. The number of halogens is 2. The van der Waals surface area contributed by atoms with Crippen LogP contribution in [-0.2, 0) is 20.8 Å². The van der Waals surface area contributed by atoms with Crippen LogP contribution in [0.5, 0.6) is 0 Å². The average Bonchev–Trinajstić information content (AvgIpc) is 2.49. The first-order chi connectivity index (χ1) is 12.0. The molecule has 0 aliphatic heterocycles. The number of nitrogens with two attached hydrogens (primary N) is 2. The van der Waals surface area contributed by atoms with Crippen LogP contribution in [0.25, 0.3) is 0 Å². The molecule has 0 radical (unpaired) electrons. The van der Waals surface area contributed by atoms with Crippen LogP contribution in [0.1, 0.15) is 32.3 Å². The molecular formula is C17H22F2N4O3. The summed E-state index contributed by atoms with van der Waals surface area (Å²) in [7, 11) is 0. The molecule has 1 aromatic rings. The van der Waals surface area contributed by atoms with Crippen molar-refractivity contribution in [2.45, 2.75) is 38.6 Å². The molecule has 0 aliphatic carbocycles. The molecule has 142 valence electrons. The first kappa shape index (κ1) is 21.4. The van der Waals surface area contributed by atoms with Crippen LogP contribution in [0.15, 0.2) is 23.2 Å². The molecule has 0 atom stereocenters. The lowest BCUT2D eigenvalue weighted by Crippen LogP contribution is -2.54. The van der Waals surface area contributed by atoms with Crippen molar-refractivity contribution in [1.29, 1.82) is 0 Å². The van der Waals surface area contributed by atoms with Crippen molar-refractivity contribution in [2.24, 2.45) is 16.5 Å². The first-order valence-electron chi connectivity index (χ1n) is 7.93. The minimum Gasteiger partial charge on any atom is -0.368 e. The number of hydrogen-bond donors (Lipinski definition) is 3. The van der Waals surface area contributed by atoms with Gasteiger partial charge in [0.05, 0.1) is 6.42 Å². The highest BCUT2D eigenvalue weighted by Gasteiger charge is 2.28. The van der Waals surface area contributed by atoms with Gasteiger partial charge in [0.25, 0.3) is 11.8 Å². The van der Waals surface area contributed by atoms with Gasteiger partial charge in [-0.2, -0.15) is 0 Å². The number of amides is 3. The molecule has 5 N–H and O–H groups in total. The van der Waals surface area contributed by atoms with E-state index in [1.807, 2.05) is 0 Å². The van der Waals surface area contributed by atoms with Gasteiger partial charge in [0.1, 0.15) is 22.9 Å². The van der Waals surface area contributed by atoms with E-state index in [9.17, 15) is 23.2 Å². The van der Waals surface area contributed by atoms with Crippen molar-refractivity contribution in [3.05, 3.63) is 35.4 Å². The zero-order valence-electron chi connectivity index (χ0n) is 14.6. The fourth-order valence-corrected chi connectivity index (χ4v) is 1.98. The maximum Gasteiger partial charge on any atom is 0.266 e. The van der Waals surface area contributed by atoms with Crippen LogP contribution < -0.4 is 16.8 Å². The van der Waals surface area contributed by atoms with Gasteiger partial charge in [0, 0.05) is 6.07 Å². The molecule has 9 heteroatoms. The largest absolute Gasteiger partial charge is 0.368 e. The second kappa shape index (κ2) is 9.14. The smallest absolute Gasteiger partial charge is 0.266 e. The molecular weight excluding hydrogens is 346 g/mol. The third kappa shape index (κ3) is 6.67. The molecule has 1 rings (SSSR count). The van der Waals surface area contributed by atoms with Crippen LogP contribution in [0.2, 0.25) is 0 Å². The lowest BCUT2D eigenvalue weighted by Gasteiger charge is -2.22. The van der Waals surface area contributed by atoms with Gasteiger partial charge in [-0.25, -0.2) is 13.8 Å². The molecule has 0 spiro atoms.